The Balaban J connectivity index is 2.25. The van der Waals surface area contributed by atoms with Crippen LogP contribution in [0.1, 0.15) is 16.8 Å². The van der Waals surface area contributed by atoms with E-state index in [0.29, 0.717) is 12.2 Å². The molecule has 1 saturated heterocycles. The van der Waals surface area contributed by atoms with Crippen LogP contribution in [0.5, 0.6) is 11.5 Å². The molecule has 1 N–H and O–H groups in total. The molecule has 0 bridgehead atoms. The second-order valence-electron chi connectivity index (χ2n) is 4.31. The first kappa shape index (κ1) is 13.7. The molecule has 1 aromatic rings. The second-order valence-corrected chi connectivity index (χ2v) is 6.54. The van der Waals surface area contributed by atoms with Crippen LogP contribution in [0.15, 0.2) is 18.2 Å². The zero-order chi connectivity index (χ0) is 14.0. The molecule has 104 valence electrons. The Morgan fingerprint density at radius 3 is 2.68 bits per heavy atom. The van der Waals surface area contributed by atoms with Gasteiger partial charge in [-0.3, -0.25) is 0 Å². The van der Waals surface area contributed by atoms with Crippen molar-refractivity contribution in [3.8, 4) is 11.5 Å². The van der Waals surface area contributed by atoms with Crippen molar-refractivity contribution in [3.63, 3.8) is 0 Å². The van der Waals surface area contributed by atoms with Crippen molar-refractivity contribution in [3.05, 3.63) is 23.8 Å². The normalized spacial score (nSPS) is 21.0. The van der Waals surface area contributed by atoms with Gasteiger partial charge in [-0.25, -0.2) is 13.2 Å². The maximum Gasteiger partial charge on any atom is 0.339 e. The molecule has 1 atom stereocenters. The third-order valence-corrected chi connectivity index (χ3v) is 4.64. The van der Waals surface area contributed by atoms with Crippen molar-refractivity contribution >= 4 is 15.8 Å². The van der Waals surface area contributed by atoms with Crippen LogP contribution in [0, 0.1) is 0 Å². The number of carboxylic acid groups (broad SMARTS) is 1. The number of rotatable bonds is 4. The fourth-order valence-electron chi connectivity index (χ4n) is 1.94. The highest BCUT2D eigenvalue weighted by Crippen LogP contribution is 2.28. The summed E-state index contributed by atoms with van der Waals surface area (Å²) in [6.45, 7) is 0. The molecule has 1 aliphatic heterocycles. The lowest BCUT2D eigenvalue weighted by Gasteiger charge is -2.15. The van der Waals surface area contributed by atoms with Gasteiger partial charge in [-0.05, 0) is 18.6 Å². The Morgan fingerprint density at radius 2 is 2.16 bits per heavy atom. The molecule has 0 radical (unpaired) electrons. The van der Waals surface area contributed by atoms with Crippen LogP contribution >= 0.6 is 0 Å². The van der Waals surface area contributed by atoms with E-state index >= 15 is 0 Å². The summed E-state index contributed by atoms with van der Waals surface area (Å²) in [6, 6.07) is 4.34. The van der Waals surface area contributed by atoms with Crippen LogP contribution in [0.25, 0.3) is 0 Å². The number of benzene rings is 1. The van der Waals surface area contributed by atoms with Gasteiger partial charge in [0.25, 0.3) is 0 Å². The Morgan fingerprint density at radius 1 is 1.42 bits per heavy atom. The molecule has 19 heavy (non-hydrogen) atoms. The minimum atomic E-state index is -3.07. The second kappa shape index (κ2) is 5.08. The van der Waals surface area contributed by atoms with Gasteiger partial charge in [-0.1, -0.05) is 0 Å². The molecule has 1 heterocycles. The van der Waals surface area contributed by atoms with Crippen molar-refractivity contribution < 1.29 is 27.8 Å². The van der Waals surface area contributed by atoms with Crippen LogP contribution < -0.4 is 9.47 Å². The van der Waals surface area contributed by atoms with Gasteiger partial charge in [0.1, 0.15) is 23.2 Å². The Bertz CT molecular complexity index is 592. The predicted molar refractivity (Wildman–Crippen MR) is 67.6 cm³/mol. The van der Waals surface area contributed by atoms with Gasteiger partial charge in [0.15, 0.2) is 9.84 Å². The van der Waals surface area contributed by atoms with Crippen molar-refractivity contribution in [2.45, 2.75) is 12.5 Å². The number of aromatic carboxylic acids is 1. The minimum absolute atomic E-state index is 0.00917. The van der Waals surface area contributed by atoms with E-state index in [1.165, 1.54) is 25.3 Å². The molecular formula is C12H14O6S. The molecule has 0 aromatic heterocycles. The van der Waals surface area contributed by atoms with Gasteiger partial charge >= 0.3 is 5.97 Å². The quantitative estimate of drug-likeness (QED) is 0.886. The summed E-state index contributed by atoms with van der Waals surface area (Å²) in [5.41, 5.74) is -0.00917. The molecule has 2 rings (SSSR count). The molecule has 0 aliphatic carbocycles. The molecule has 0 saturated carbocycles. The highest BCUT2D eigenvalue weighted by atomic mass is 32.2. The van der Waals surface area contributed by atoms with Gasteiger partial charge in [0.2, 0.25) is 0 Å². The summed E-state index contributed by atoms with van der Waals surface area (Å²) in [5.74, 6) is -0.541. The maximum atomic E-state index is 11.4. The number of hydrogen-bond acceptors (Lipinski definition) is 5. The average molecular weight is 286 g/mol. The fourth-order valence-corrected chi connectivity index (χ4v) is 3.53. The maximum absolute atomic E-state index is 11.4. The van der Waals surface area contributed by atoms with E-state index in [-0.39, 0.29) is 22.8 Å². The zero-order valence-corrected chi connectivity index (χ0v) is 11.1. The largest absolute Gasteiger partial charge is 0.497 e. The summed E-state index contributed by atoms with van der Waals surface area (Å²) < 4.78 is 33.2. The third-order valence-electron chi connectivity index (χ3n) is 2.90. The van der Waals surface area contributed by atoms with E-state index in [1.54, 1.807) is 0 Å². The van der Waals surface area contributed by atoms with E-state index in [1.807, 2.05) is 0 Å². The highest BCUT2D eigenvalue weighted by molar-refractivity contribution is 7.91. The van der Waals surface area contributed by atoms with Gasteiger partial charge < -0.3 is 14.6 Å². The number of ether oxygens (including phenoxy) is 2. The molecule has 1 aliphatic rings. The molecule has 1 aromatic carbocycles. The monoisotopic (exact) mass is 286 g/mol. The Labute approximate surface area is 110 Å². The van der Waals surface area contributed by atoms with Crippen LogP contribution in [0.3, 0.4) is 0 Å². The summed E-state index contributed by atoms with van der Waals surface area (Å²) in [7, 11) is -1.61. The average Bonchev–Trinajstić information content (AvgIpc) is 2.68. The molecule has 7 heteroatoms. The molecule has 1 unspecified atom stereocenters. The summed E-state index contributed by atoms with van der Waals surface area (Å²) in [6.07, 6.45) is -0.131. The van der Waals surface area contributed by atoms with E-state index in [0.717, 1.165) is 0 Å². The summed E-state index contributed by atoms with van der Waals surface area (Å²) in [4.78, 5) is 11.1. The van der Waals surface area contributed by atoms with E-state index < -0.39 is 21.9 Å². The van der Waals surface area contributed by atoms with Crippen molar-refractivity contribution in [1.82, 2.24) is 0 Å². The third kappa shape index (κ3) is 3.17. The van der Waals surface area contributed by atoms with Gasteiger partial charge in [0.05, 0.1) is 18.6 Å². The molecular weight excluding hydrogens is 272 g/mol. The predicted octanol–water partition coefficient (Wildman–Crippen LogP) is 0.959. The topological polar surface area (TPSA) is 89.9 Å². The lowest BCUT2D eigenvalue weighted by molar-refractivity contribution is 0.0690. The van der Waals surface area contributed by atoms with Crippen LogP contribution in [-0.2, 0) is 9.84 Å². The van der Waals surface area contributed by atoms with Crippen molar-refractivity contribution in [2.24, 2.45) is 0 Å². The standard InChI is InChI=1S/C12H14O6S/c1-17-8-2-3-10(12(13)14)11(6-8)18-9-4-5-19(15,16)7-9/h2-3,6,9H,4-5,7H2,1H3,(H,13,14). The van der Waals surface area contributed by atoms with Crippen LogP contribution in [-0.4, -0.2) is 44.2 Å². The Kier molecular flexibility index (Phi) is 3.66. The lowest BCUT2D eigenvalue weighted by atomic mass is 10.2. The van der Waals surface area contributed by atoms with Gasteiger partial charge in [0, 0.05) is 6.07 Å². The van der Waals surface area contributed by atoms with Gasteiger partial charge in [-0.2, -0.15) is 0 Å². The number of sulfone groups is 1. The van der Waals surface area contributed by atoms with Crippen molar-refractivity contribution in [2.75, 3.05) is 18.6 Å². The number of carboxylic acids is 1. The summed E-state index contributed by atoms with van der Waals surface area (Å²) in [5, 5.41) is 9.07. The van der Waals surface area contributed by atoms with E-state index in [9.17, 15) is 13.2 Å². The molecule has 1 fully saturated rings. The van der Waals surface area contributed by atoms with Crippen molar-refractivity contribution in [1.29, 1.82) is 0 Å². The van der Waals surface area contributed by atoms with E-state index in [4.69, 9.17) is 14.6 Å². The van der Waals surface area contributed by atoms with Gasteiger partial charge in [-0.15, -0.1) is 0 Å². The zero-order valence-electron chi connectivity index (χ0n) is 10.3. The van der Waals surface area contributed by atoms with E-state index in [2.05, 4.69) is 0 Å². The first-order chi connectivity index (χ1) is 8.91. The number of carbonyl (C=O) groups is 1. The first-order valence-electron chi connectivity index (χ1n) is 5.70. The Hall–Kier alpha value is -1.76. The SMILES string of the molecule is COc1ccc(C(=O)O)c(OC2CCS(=O)(=O)C2)c1. The number of hydrogen-bond donors (Lipinski definition) is 1. The smallest absolute Gasteiger partial charge is 0.339 e. The summed E-state index contributed by atoms with van der Waals surface area (Å²) >= 11 is 0. The number of methoxy groups -OCH3 is 1. The molecule has 0 amide bonds. The minimum Gasteiger partial charge on any atom is -0.497 e. The van der Waals surface area contributed by atoms with Crippen LogP contribution in [0.2, 0.25) is 0 Å². The fraction of sp³-hybridized carbons (Fsp3) is 0.417. The highest BCUT2D eigenvalue weighted by Gasteiger charge is 2.30. The van der Waals surface area contributed by atoms with Crippen LogP contribution in [0.4, 0.5) is 0 Å². The lowest BCUT2D eigenvalue weighted by Crippen LogP contribution is -2.19. The first-order valence-corrected chi connectivity index (χ1v) is 7.52. The molecule has 0 spiro atoms. The molecule has 6 nitrogen and oxygen atoms in total.